The second-order valence-corrected chi connectivity index (χ2v) is 3.01. The first-order valence-corrected chi connectivity index (χ1v) is 3.74. The smallest absolute Gasteiger partial charge is 0.327 e. The lowest BCUT2D eigenvalue weighted by molar-refractivity contribution is -0.0793. The van der Waals surface area contributed by atoms with E-state index in [4.69, 9.17) is 0 Å². The Kier molecular flexibility index (Phi) is 1.39. The second-order valence-electron chi connectivity index (χ2n) is 0.713. The van der Waals surface area contributed by atoms with Gasteiger partial charge in [-0.2, -0.15) is 4.67 Å². The van der Waals surface area contributed by atoms with Crippen LogP contribution in [0.4, 0.5) is 0 Å². The number of rotatable bonds is 0. The van der Waals surface area contributed by atoms with E-state index in [1.807, 2.05) is 0 Å². The molecule has 0 saturated carbocycles. The fourth-order valence-corrected chi connectivity index (χ4v) is 1.52. The molecule has 0 bridgehead atoms. The molecule has 0 aromatic carbocycles. The summed E-state index contributed by atoms with van der Waals surface area (Å²) in [7, 11) is -3.16. The zero-order valence-electron chi connectivity index (χ0n) is 2.84. The monoisotopic (exact) mass is 126 g/mol. The van der Waals surface area contributed by atoms with Crippen LogP contribution in [0.3, 0.4) is 0 Å². The van der Waals surface area contributed by atoms with Crippen molar-refractivity contribution in [3.63, 3.8) is 0 Å². The van der Waals surface area contributed by atoms with Crippen LogP contribution in [0.15, 0.2) is 0 Å². The van der Waals surface area contributed by atoms with Gasteiger partial charge in [0.15, 0.2) is 0 Å². The number of hydrogen-bond donors (Lipinski definition) is 0. The Balaban J connectivity index is 2.37. The minimum absolute atomic E-state index is 0.994. The highest BCUT2D eigenvalue weighted by atomic mass is 31.1. The van der Waals surface area contributed by atoms with Gasteiger partial charge in [-0.3, -0.25) is 9.14 Å². The third-order valence-corrected chi connectivity index (χ3v) is 2.47. The second kappa shape index (κ2) is 1.86. The highest BCUT2D eigenvalue weighted by Gasteiger charge is 2.08. The summed E-state index contributed by atoms with van der Waals surface area (Å²) in [6.07, 6.45) is 0. The van der Waals surface area contributed by atoms with Crippen molar-refractivity contribution in [3.8, 4) is 0 Å². The van der Waals surface area contributed by atoms with Crippen molar-refractivity contribution in [3.05, 3.63) is 0 Å². The molecule has 1 unspecified atom stereocenters. The van der Waals surface area contributed by atoms with Gasteiger partial charge in [-0.25, -0.2) is 0 Å². The Bertz CT molecular complexity index is 61.9. The highest BCUT2D eigenvalue weighted by molar-refractivity contribution is 7.35. The van der Waals surface area contributed by atoms with Gasteiger partial charge in [-0.1, -0.05) is 0 Å². The van der Waals surface area contributed by atoms with Crippen LogP contribution in [-0.4, -0.2) is 10.0 Å². The van der Waals surface area contributed by atoms with Crippen LogP contribution in [0, 0.1) is 0 Å². The van der Waals surface area contributed by atoms with Crippen molar-refractivity contribution in [1.29, 1.82) is 0 Å². The van der Waals surface area contributed by atoms with Crippen LogP contribution in [0.25, 0.3) is 0 Å². The molecule has 1 heterocycles. The maximum absolute atomic E-state index is 9.89. The molecule has 6 heteroatoms. The summed E-state index contributed by atoms with van der Waals surface area (Å²) in [5.41, 5.74) is 0. The molecule has 1 atom stereocenters. The van der Waals surface area contributed by atoms with E-state index in [9.17, 15) is 4.57 Å². The normalized spacial score (nSPS) is 38.3. The molecule has 4 nitrogen and oxygen atoms in total. The van der Waals surface area contributed by atoms with Crippen molar-refractivity contribution < 1.29 is 18.0 Å². The SMILES string of the molecule is O=[PH]1OO[SiH2]O1. The lowest BCUT2D eigenvalue weighted by Crippen LogP contribution is -1.81. The molecular weight excluding hydrogens is 123 g/mol. The van der Waals surface area contributed by atoms with Gasteiger partial charge in [0.25, 0.3) is 0 Å². The largest absolute Gasteiger partial charge is 0.353 e. The van der Waals surface area contributed by atoms with Gasteiger partial charge >= 0.3 is 18.3 Å². The summed E-state index contributed by atoms with van der Waals surface area (Å²) in [5.74, 6) is 0. The van der Waals surface area contributed by atoms with E-state index in [0.29, 0.717) is 0 Å². The summed E-state index contributed by atoms with van der Waals surface area (Å²) in [6, 6.07) is 0. The van der Waals surface area contributed by atoms with E-state index in [1.54, 1.807) is 0 Å². The van der Waals surface area contributed by atoms with Crippen LogP contribution in [-0.2, 0) is 18.0 Å². The topological polar surface area (TPSA) is 44.8 Å². The molecule has 1 rings (SSSR count). The predicted octanol–water partition coefficient (Wildman–Crippen LogP) is -0.647. The standard InChI is InChI=1S/H3O4PSi/c1-5-2-3-6-4-5/h5H,6H2. The van der Waals surface area contributed by atoms with E-state index in [-0.39, 0.29) is 0 Å². The van der Waals surface area contributed by atoms with E-state index in [1.165, 1.54) is 0 Å². The Labute approximate surface area is 37.3 Å². The van der Waals surface area contributed by atoms with Crippen molar-refractivity contribution in [2.45, 2.75) is 0 Å². The van der Waals surface area contributed by atoms with Gasteiger partial charge in [0.2, 0.25) is 0 Å². The van der Waals surface area contributed by atoms with Crippen LogP contribution >= 0.6 is 8.25 Å². The van der Waals surface area contributed by atoms with E-state index in [0.717, 1.165) is 0 Å². The van der Waals surface area contributed by atoms with Gasteiger partial charge < -0.3 is 4.21 Å². The molecular formula is H3O4PSi. The molecule has 0 aromatic heterocycles. The van der Waals surface area contributed by atoms with Gasteiger partial charge in [-0.15, -0.1) is 0 Å². The fourth-order valence-electron chi connectivity index (χ4n) is 0.168. The van der Waals surface area contributed by atoms with Crippen LogP contribution < -0.4 is 0 Å². The maximum atomic E-state index is 9.89. The van der Waals surface area contributed by atoms with Gasteiger partial charge in [0, 0.05) is 0 Å². The van der Waals surface area contributed by atoms with Gasteiger partial charge in [-0.05, 0) is 0 Å². The van der Waals surface area contributed by atoms with Crippen molar-refractivity contribution >= 4 is 18.3 Å². The highest BCUT2D eigenvalue weighted by Crippen LogP contribution is 2.27. The van der Waals surface area contributed by atoms with Gasteiger partial charge in [0.1, 0.15) is 0 Å². The molecule has 1 aliphatic heterocycles. The van der Waals surface area contributed by atoms with E-state index in [2.05, 4.69) is 13.5 Å². The quantitative estimate of drug-likeness (QED) is 0.246. The van der Waals surface area contributed by atoms with Crippen LogP contribution in [0.2, 0.25) is 0 Å². The Hall–Kier alpha value is 0.327. The van der Waals surface area contributed by atoms with Crippen molar-refractivity contribution in [2.24, 2.45) is 0 Å². The van der Waals surface area contributed by atoms with Crippen molar-refractivity contribution in [1.82, 2.24) is 0 Å². The zero-order chi connectivity index (χ0) is 4.41. The molecule has 0 aromatic rings. The third kappa shape index (κ3) is 0.892. The average Bonchev–Trinajstić information content (AvgIpc) is 1.86. The molecule has 36 valence electrons. The van der Waals surface area contributed by atoms with E-state index >= 15 is 0 Å². The Morgan fingerprint density at radius 1 is 1.67 bits per heavy atom. The first-order chi connectivity index (χ1) is 2.89. The average molecular weight is 126 g/mol. The Morgan fingerprint density at radius 2 is 2.50 bits per heavy atom. The first-order valence-electron chi connectivity index (χ1n) is 1.36. The Morgan fingerprint density at radius 3 is 2.67 bits per heavy atom. The summed E-state index contributed by atoms with van der Waals surface area (Å²) >= 11 is 0. The summed E-state index contributed by atoms with van der Waals surface area (Å²) < 4.78 is 22.5. The summed E-state index contributed by atoms with van der Waals surface area (Å²) in [4.78, 5) is 0. The van der Waals surface area contributed by atoms with Gasteiger partial charge in [0.05, 0.1) is 0 Å². The van der Waals surface area contributed by atoms with Crippen LogP contribution in [0.1, 0.15) is 0 Å². The summed E-state index contributed by atoms with van der Waals surface area (Å²) in [5, 5.41) is 0. The minimum Gasteiger partial charge on any atom is -0.327 e. The minimum atomic E-state index is -2.17. The molecule has 0 aliphatic carbocycles. The van der Waals surface area contributed by atoms with Crippen LogP contribution in [0.5, 0.6) is 0 Å². The maximum Gasteiger partial charge on any atom is 0.353 e. The molecule has 0 N–H and O–H groups in total. The number of hydrogen-bond acceptors (Lipinski definition) is 4. The molecule has 1 fully saturated rings. The molecule has 6 heavy (non-hydrogen) atoms. The molecule has 0 amide bonds. The lowest BCUT2D eigenvalue weighted by Gasteiger charge is -1.76. The lowest BCUT2D eigenvalue weighted by atomic mass is 14.9. The molecule has 1 aliphatic rings. The zero-order valence-corrected chi connectivity index (χ0v) is 5.25. The third-order valence-electron chi connectivity index (χ3n) is 0.352. The van der Waals surface area contributed by atoms with E-state index < -0.39 is 18.3 Å². The van der Waals surface area contributed by atoms with Crippen molar-refractivity contribution in [2.75, 3.05) is 0 Å². The molecule has 0 radical (unpaired) electrons. The predicted molar refractivity (Wildman–Crippen MR) is 20.8 cm³/mol. The summed E-state index contributed by atoms with van der Waals surface area (Å²) in [6.45, 7) is 0. The fraction of sp³-hybridized carbons (Fsp3) is 0. The molecule has 0 spiro atoms. The first kappa shape index (κ1) is 4.48. The molecule has 1 saturated heterocycles.